The van der Waals surface area contributed by atoms with E-state index >= 15 is 0 Å². The fraction of sp³-hybridized carbons (Fsp3) is 0.143. The van der Waals surface area contributed by atoms with Gasteiger partial charge in [-0.2, -0.15) is 0 Å². The molecule has 0 aliphatic rings. The Balaban J connectivity index is 2.36. The summed E-state index contributed by atoms with van der Waals surface area (Å²) in [6.07, 6.45) is 1.11. The molecule has 9 heteroatoms. The number of carbonyl (C=O) groups is 1. The molecule has 1 N–H and O–H groups in total. The number of H-pyrrole nitrogens is 1. The van der Waals surface area contributed by atoms with Gasteiger partial charge in [-0.25, -0.2) is 12.7 Å². The van der Waals surface area contributed by atoms with Gasteiger partial charge < -0.3 is 9.72 Å². The SMILES string of the molecule is COc1ccc(S(=O)(=O)N(C)C(=O)c2c[nH]c(=O)c(Cl)c2)cc1. The molecule has 0 saturated carbocycles. The third-order valence-corrected chi connectivity index (χ3v) is 5.14. The van der Waals surface area contributed by atoms with Crippen molar-refractivity contribution in [3.63, 3.8) is 0 Å². The number of hydrogen-bond acceptors (Lipinski definition) is 5. The summed E-state index contributed by atoms with van der Waals surface area (Å²) in [7, 11) is -1.46. The third-order valence-electron chi connectivity index (χ3n) is 3.11. The molecule has 1 aromatic carbocycles. The number of aromatic nitrogens is 1. The Morgan fingerprint density at radius 3 is 2.39 bits per heavy atom. The van der Waals surface area contributed by atoms with E-state index in [1.807, 2.05) is 0 Å². The van der Waals surface area contributed by atoms with Crippen LogP contribution >= 0.6 is 11.6 Å². The molecule has 0 aliphatic heterocycles. The van der Waals surface area contributed by atoms with Crippen molar-refractivity contribution < 1.29 is 17.9 Å². The van der Waals surface area contributed by atoms with Crippen molar-refractivity contribution in [2.45, 2.75) is 4.90 Å². The Morgan fingerprint density at radius 1 is 1.26 bits per heavy atom. The van der Waals surface area contributed by atoms with Gasteiger partial charge in [0, 0.05) is 13.2 Å². The van der Waals surface area contributed by atoms with E-state index < -0.39 is 21.5 Å². The first-order valence-electron chi connectivity index (χ1n) is 6.33. The van der Waals surface area contributed by atoms with Gasteiger partial charge in [0.1, 0.15) is 10.8 Å². The van der Waals surface area contributed by atoms with E-state index in [4.69, 9.17) is 16.3 Å². The first-order chi connectivity index (χ1) is 10.8. The number of nitrogens with zero attached hydrogens (tertiary/aromatic N) is 1. The maximum atomic E-state index is 12.5. The molecule has 122 valence electrons. The van der Waals surface area contributed by atoms with Crippen molar-refractivity contribution >= 4 is 27.5 Å². The van der Waals surface area contributed by atoms with Gasteiger partial charge in [0.2, 0.25) is 0 Å². The second-order valence-corrected chi connectivity index (χ2v) is 6.90. The van der Waals surface area contributed by atoms with Crippen LogP contribution in [0.15, 0.2) is 46.2 Å². The second-order valence-electron chi connectivity index (χ2n) is 4.52. The quantitative estimate of drug-likeness (QED) is 0.895. The van der Waals surface area contributed by atoms with Crippen molar-refractivity contribution in [3.8, 4) is 5.75 Å². The molecular formula is C14H13ClN2O5S. The van der Waals surface area contributed by atoms with Crippen LogP contribution in [0.3, 0.4) is 0 Å². The van der Waals surface area contributed by atoms with Crippen LogP contribution in [-0.4, -0.2) is 37.8 Å². The Labute approximate surface area is 137 Å². The highest BCUT2D eigenvalue weighted by atomic mass is 35.5. The maximum Gasteiger partial charge on any atom is 0.268 e. The highest BCUT2D eigenvalue weighted by molar-refractivity contribution is 7.89. The zero-order chi connectivity index (χ0) is 17.2. The minimum Gasteiger partial charge on any atom is -0.497 e. The molecular weight excluding hydrogens is 344 g/mol. The van der Waals surface area contributed by atoms with Crippen LogP contribution in [0.2, 0.25) is 5.02 Å². The minimum atomic E-state index is -4.04. The fourth-order valence-electron chi connectivity index (χ4n) is 1.78. The molecule has 2 aromatic rings. The Kier molecular flexibility index (Phi) is 4.76. The van der Waals surface area contributed by atoms with Crippen LogP contribution in [0.25, 0.3) is 0 Å². The Bertz CT molecular complexity index is 890. The molecule has 0 atom stereocenters. The molecule has 1 amide bonds. The van der Waals surface area contributed by atoms with E-state index in [2.05, 4.69) is 4.98 Å². The van der Waals surface area contributed by atoms with Crippen molar-refractivity contribution in [2.24, 2.45) is 0 Å². The number of sulfonamides is 1. The number of rotatable bonds is 4. The molecule has 0 spiro atoms. The number of halogens is 1. The summed E-state index contributed by atoms with van der Waals surface area (Å²) in [5.41, 5.74) is -0.613. The normalized spacial score (nSPS) is 11.1. The van der Waals surface area contributed by atoms with E-state index in [0.717, 1.165) is 19.3 Å². The van der Waals surface area contributed by atoms with Crippen LogP contribution in [0.5, 0.6) is 5.75 Å². The molecule has 7 nitrogen and oxygen atoms in total. The second kappa shape index (κ2) is 6.43. The number of benzene rings is 1. The van der Waals surface area contributed by atoms with Crippen molar-refractivity contribution in [1.82, 2.24) is 9.29 Å². The zero-order valence-electron chi connectivity index (χ0n) is 12.2. The van der Waals surface area contributed by atoms with Crippen LogP contribution in [0.1, 0.15) is 10.4 Å². The predicted molar refractivity (Wildman–Crippen MR) is 84.3 cm³/mol. The standard InChI is InChI=1S/C14H13ClN2O5S/c1-17(14(19)9-7-12(15)13(18)16-8-9)23(20,21)11-5-3-10(22-2)4-6-11/h3-8H,1-2H3,(H,16,18). The van der Waals surface area contributed by atoms with Crippen molar-refractivity contribution in [2.75, 3.05) is 14.2 Å². The molecule has 0 bridgehead atoms. The lowest BCUT2D eigenvalue weighted by molar-refractivity contribution is 0.0882. The molecule has 0 aliphatic carbocycles. The van der Waals surface area contributed by atoms with Crippen LogP contribution in [0.4, 0.5) is 0 Å². The average Bonchev–Trinajstić information content (AvgIpc) is 2.56. The van der Waals surface area contributed by atoms with Crippen LogP contribution in [-0.2, 0) is 10.0 Å². The summed E-state index contributed by atoms with van der Waals surface area (Å²) in [5, 5.41) is -0.203. The number of carbonyl (C=O) groups excluding carboxylic acids is 1. The topological polar surface area (TPSA) is 96.5 Å². The first-order valence-corrected chi connectivity index (χ1v) is 8.14. The molecule has 2 rings (SSSR count). The predicted octanol–water partition coefficient (Wildman–Crippen LogP) is 1.50. The number of amides is 1. The number of ether oxygens (including phenoxy) is 1. The van der Waals surface area contributed by atoms with Gasteiger partial charge in [0.05, 0.1) is 17.6 Å². The molecule has 0 radical (unpaired) electrons. The minimum absolute atomic E-state index is 0.0470. The molecule has 0 fully saturated rings. The number of nitrogens with one attached hydrogen (secondary N) is 1. The van der Waals surface area contributed by atoms with Gasteiger partial charge in [0.25, 0.3) is 21.5 Å². The van der Waals surface area contributed by atoms with Gasteiger partial charge in [0.15, 0.2) is 0 Å². The number of pyridine rings is 1. The summed E-state index contributed by atoms with van der Waals surface area (Å²) in [6, 6.07) is 6.72. The number of aromatic amines is 1. The van der Waals surface area contributed by atoms with Gasteiger partial charge in [-0.3, -0.25) is 9.59 Å². The van der Waals surface area contributed by atoms with Crippen LogP contribution < -0.4 is 10.3 Å². The van der Waals surface area contributed by atoms with Gasteiger partial charge in [-0.15, -0.1) is 0 Å². The van der Waals surface area contributed by atoms with Crippen LogP contribution in [0, 0.1) is 0 Å². The van der Waals surface area contributed by atoms with Gasteiger partial charge >= 0.3 is 0 Å². The average molecular weight is 357 g/mol. The monoisotopic (exact) mass is 356 g/mol. The molecule has 23 heavy (non-hydrogen) atoms. The Hall–Kier alpha value is -2.32. The smallest absolute Gasteiger partial charge is 0.268 e. The van der Waals surface area contributed by atoms with E-state index in [1.165, 1.54) is 31.4 Å². The number of methoxy groups -OCH3 is 1. The highest BCUT2D eigenvalue weighted by Crippen LogP contribution is 2.20. The summed E-state index contributed by atoms with van der Waals surface area (Å²) < 4.78 is 30.5. The molecule has 0 saturated heterocycles. The fourth-order valence-corrected chi connectivity index (χ4v) is 3.07. The zero-order valence-corrected chi connectivity index (χ0v) is 13.8. The van der Waals surface area contributed by atoms with Gasteiger partial charge in [-0.1, -0.05) is 11.6 Å². The van der Waals surface area contributed by atoms with E-state index in [9.17, 15) is 18.0 Å². The molecule has 0 unspecified atom stereocenters. The van der Waals surface area contributed by atoms with E-state index in [0.29, 0.717) is 10.1 Å². The third kappa shape index (κ3) is 3.38. The lowest BCUT2D eigenvalue weighted by Crippen LogP contribution is -2.33. The van der Waals surface area contributed by atoms with Crippen molar-refractivity contribution in [3.05, 3.63) is 57.5 Å². The lowest BCUT2D eigenvalue weighted by Gasteiger charge is -2.17. The number of hydrogen-bond donors (Lipinski definition) is 1. The molecule has 1 heterocycles. The summed E-state index contributed by atoms with van der Waals surface area (Å²) in [4.78, 5) is 25.7. The molecule has 1 aromatic heterocycles. The lowest BCUT2D eigenvalue weighted by atomic mass is 10.3. The van der Waals surface area contributed by atoms with Gasteiger partial charge in [-0.05, 0) is 30.3 Å². The summed E-state index contributed by atoms with van der Waals surface area (Å²) in [6.45, 7) is 0. The van der Waals surface area contributed by atoms with Crippen molar-refractivity contribution in [1.29, 1.82) is 0 Å². The summed E-state index contributed by atoms with van der Waals surface area (Å²) >= 11 is 5.65. The van der Waals surface area contributed by atoms with E-state index in [1.54, 1.807) is 0 Å². The first kappa shape index (κ1) is 17.0. The maximum absolute atomic E-state index is 12.5. The largest absolute Gasteiger partial charge is 0.497 e. The summed E-state index contributed by atoms with van der Waals surface area (Å²) in [5.74, 6) is -0.329. The highest BCUT2D eigenvalue weighted by Gasteiger charge is 2.27. The Morgan fingerprint density at radius 2 is 1.87 bits per heavy atom. The van der Waals surface area contributed by atoms with E-state index in [-0.39, 0.29) is 15.5 Å².